The lowest BCUT2D eigenvalue weighted by atomic mass is 10.2. The summed E-state index contributed by atoms with van der Waals surface area (Å²) in [6, 6.07) is 3.63. The van der Waals surface area contributed by atoms with Gasteiger partial charge in [-0.15, -0.1) is 6.58 Å². The van der Waals surface area contributed by atoms with E-state index in [4.69, 9.17) is 0 Å². The maximum atomic E-state index is 12.8. The minimum absolute atomic E-state index is 0.0405. The molecule has 6 nitrogen and oxygen atoms in total. The van der Waals surface area contributed by atoms with Gasteiger partial charge in [0.2, 0.25) is 5.91 Å². The van der Waals surface area contributed by atoms with Crippen LogP contribution in [0.25, 0.3) is 5.65 Å². The van der Waals surface area contributed by atoms with Crippen molar-refractivity contribution < 1.29 is 13.2 Å². The van der Waals surface area contributed by atoms with Crippen molar-refractivity contribution in [2.24, 2.45) is 0 Å². The van der Waals surface area contributed by atoms with E-state index in [1.165, 1.54) is 0 Å². The molecule has 0 aliphatic carbocycles. The van der Waals surface area contributed by atoms with Crippen LogP contribution in [0.3, 0.4) is 0 Å². The lowest BCUT2D eigenvalue weighted by Gasteiger charge is -2.27. The van der Waals surface area contributed by atoms with Gasteiger partial charge in [0.15, 0.2) is 9.84 Å². The SMILES string of the molecule is C=CCN(C(=O)Cc1cnc2c(C)cccn12)[C@H]1CCS(=O)(=O)C1. The van der Waals surface area contributed by atoms with E-state index in [1.54, 1.807) is 17.2 Å². The fourth-order valence-corrected chi connectivity index (χ4v) is 4.94. The summed E-state index contributed by atoms with van der Waals surface area (Å²) in [6.07, 6.45) is 5.91. The van der Waals surface area contributed by atoms with E-state index >= 15 is 0 Å². The van der Waals surface area contributed by atoms with Crippen molar-refractivity contribution in [2.75, 3.05) is 18.1 Å². The van der Waals surface area contributed by atoms with Gasteiger partial charge in [0.05, 0.1) is 23.6 Å². The van der Waals surface area contributed by atoms with Crippen molar-refractivity contribution in [1.82, 2.24) is 14.3 Å². The molecule has 0 saturated carbocycles. The number of carbonyl (C=O) groups is 1. The lowest BCUT2D eigenvalue weighted by Crippen LogP contribution is -2.42. The predicted molar refractivity (Wildman–Crippen MR) is 92.6 cm³/mol. The molecule has 1 aliphatic heterocycles. The van der Waals surface area contributed by atoms with Gasteiger partial charge in [-0.05, 0) is 25.0 Å². The van der Waals surface area contributed by atoms with E-state index < -0.39 is 9.84 Å². The molecule has 3 heterocycles. The van der Waals surface area contributed by atoms with Crippen molar-refractivity contribution in [2.45, 2.75) is 25.8 Å². The van der Waals surface area contributed by atoms with Gasteiger partial charge in [-0.3, -0.25) is 4.79 Å². The number of amides is 1. The summed E-state index contributed by atoms with van der Waals surface area (Å²) in [5, 5.41) is 0. The summed E-state index contributed by atoms with van der Waals surface area (Å²) in [4.78, 5) is 18.8. The molecule has 1 aliphatic rings. The van der Waals surface area contributed by atoms with Crippen molar-refractivity contribution in [3.05, 3.63) is 48.4 Å². The van der Waals surface area contributed by atoms with Gasteiger partial charge in [0.25, 0.3) is 0 Å². The van der Waals surface area contributed by atoms with Gasteiger partial charge in [-0.1, -0.05) is 12.1 Å². The molecule has 1 amide bonds. The molecule has 1 fully saturated rings. The summed E-state index contributed by atoms with van der Waals surface area (Å²) in [5.41, 5.74) is 2.67. The Morgan fingerprint density at radius 1 is 1.54 bits per heavy atom. The third kappa shape index (κ3) is 3.21. The van der Waals surface area contributed by atoms with Gasteiger partial charge in [-0.25, -0.2) is 13.4 Å². The molecule has 1 atom stereocenters. The van der Waals surface area contributed by atoms with Crippen LogP contribution in [-0.4, -0.2) is 52.7 Å². The smallest absolute Gasteiger partial charge is 0.229 e. The summed E-state index contributed by atoms with van der Waals surface area (Å²) in [7, 11) is -3.04. The molecule has 0 unspecified atom stereocenters. The zero-order valence-electron chi connectivity index (χ0n) is 13.7. The van der Waals surface area contributed by atoms with Crippen molar-refractivity contribution in [3.8, 4) is 0 Å². The van der Waals surface area contributed by atoms with Crippen LogP contribution < -0.4 is 0 Å². The summed E-state index contributed by atoms with van der Waals surface area (Å²) >= 11 is 0. The highest BCUT2D eigenvalue weighted by atomic mass is 32.2. The van der Waals surface area contributed by atoms with E-state index in [1.807, 2.05) is 29.7 Å². The maximum Gasteiger partial charge on any atom is 0.229 e. The fourth-order valence-electron chi connectivity index (χ4n) is 3.20. The molecule has 24 heavy (non-hydrogen) atoms. The Bertz CT molecular complexity index is 886. The highest BCUT2D eigenvalue weighted by Crippen LogP contribution is 2.19. The van der Waals surface area contributed by atoms with E-state index in [9.17, 15) is 13.2 Å². The van der Waals surface area contributed by atoms with Crippen LogP contribution in [0.2, 0.25) is 0 Å². The van der Waals surface area contributed by atoms with E-state index in [2.05, 4.69) is 11.6 Å². The molecule has 0 N–H and O–H groups in total. The number of imidazole rings is 1. The Morgan fingerprint density at radius 3 is 3.00 bits per heavy atom. The Balaban J connectivity index is 1.83. The summed E-state index contributed by atoms with van der Waals surface area (Å²) < 4.78 is 25.4. The van der Waals surface area contributed by atoms with E-state index in [0.29, 0.717) is 13.0 Å². The number of hydrogen-bond acceptors (Lipinski definition) is 4. The first kappa shape index (κ1) is 16.7. The third-order valence-corrected chi connectivity index (χ3v) is 6.19. The number of rotatable bonds is 5. The first-order chi connectivity index (χ1) is 11.4. The van der Waals surface area contributed by atoms with Crippen LogP contribution in [0, 0.1) is 6.92 Å². The molecule has 3 rings (SSSR count). The second-order valence-corrected chi connectivity index (χ2v) is 8.43. The number of aromatic nitrogens is 2. The first-order valence-electron chi connectivity index (χ1n) is 7.93. The average molecular weight is 347 g/mol. The molecule has 2 aromatic rings. The fraction of sp³-hybridized carbons (Fsp3) is 0.412. The number of hydrogen-bond donors (Lipinski definition) is 0. The van der Waals surface area contributed by atoms with Crippen LogP contribution in [0.4, 0.5) is 0 Å². The largest absolute Gasteiger partial charge is 0.335 e. The van der Waals surface area contributed by atoms with Crippen molar-refractivity contribution in [1.29, 1.82) is 0 Å². The number of carbonyl (C=O) groups excluding carboxylic acids is 1. The minimum atomic E-state index is -3.04. The molecule has 0 bridgehead atoms. The maximum absolute atomic E-state index is 12.8. The third-order valence-electron chi connectivity index (χ3n) is 4.44. The highest BCUT2D eigenvalue weighted by molar-refractivity contribution is 7.91. The van der Waals surface area contributed by atoms with Gasteiger partial charge in [0.1, 0.15) is 5.65 Å². The molecule has 128 valence electrons. The van der Waals surface area contributed by atoms with Crippen LogP contribution in [-0.2, 0) is 21.1 Å². The Kier molecular flexibility index (Phi) is 4.45. The molecule has 7 heteroatoms. The number of nitrogens with zero attached hydrogens (tertiary/aromatic N) is 3. The topological polar surface area (TPSA) is 71.8 Å². The number of pyridine rings is 1. The van der Waals surface area contributed by atoms with Gasteiger partial charge in [0, 0.05) is 25.0 Å². The average Bonchev–Trinajstić information content (AvgIpc) is 3.09. The van der Waals surface area contributed by atoms with E-state index in [-0.39, 0.29) is 29.9 Å². The monoisotopic (exact) mass is 347 g/mol. The highest BCUT2D eigenvalue weighted by Gasteiger charge is 2.34. The second kappa shape index (κ2) is 6.39. The standard InChI is InChI=1S/C17H21N3O3S/c1-3-7-19(14-6-9-24(22,23)12-14)16(21)10-15-11-18-17-13(2)5-4-8-20(15)17/h3-5,8,11,14H,1,6-7,9-10,12H2,2H3/t14-/m0/s1. The zero-order valence-corrected chi connectivity index (χ0v) is 14.5. The summed E-state index contributed by atoms with van der Waals surface area (Å²) in [6.45, 7) is 6.02. The Labute approximate surface area is 141 Å². The molecule has 0 aromatic carbocycles. The molecule has 0 spiro atoms. The normalized spacial score (nSPS) is 19.5. The van der Waals surface area contributed by atoms with Crippen LogP contribution >= 0.6 is 0 Å². The van der Waals surface area contributed by atoms with Crippen molar-refractivity contribution in [3.63, 3.8) is 0 Å². The van der Waals surface area contributed by atoms with Crippen LogP contribution in [0.5, 0.6) is 0 Å². The molecule has 1 saturated heterocycles. The predicted octanol–water partition coefficient (Wildman–Crippen LogP) is 1.39. The lowest BCUT2D eigenvalue weighted by molar-refractivity contribution is -0.131. The van der Waals surface area contributed by atoms with Crippen LogP contribution in [0.1, 0.15) is 17.7 Å². The number of fused-ring (bicyclic) bond motifs is 1. The van der Waals surface area contributed by atoms with E-state index in [0.717, 1.165) is 16.9 Å². The minimum Gasteiger partial charge on any atom is -0.335 e. The Hall–Kier alpha value is -2.15. The van der Waals surface area contributed by atoms with Gasteiger partial charge < -0.3 is 9.30 Å². The summed E-state index contributed by atoms with van der Waals surface area (Å²) in [5.74, 6) is 0.0898. The first-order valence-corrected chi connectivity index (χ1v) is 9.76. The van der Waals surface area contributed by atoms with Crippen LogP contribution in [0.15, 0.2) is 37.2 Å². The second-order valence-electron chi connectivity index (χ2n) is 6.20. The molecule has 0 radical (unpaired) electrons. The molecule has 2 aromatic heterocycles. The molecular formula is C17H21N3O3S. The Morgan fingerprint density at radius 2 is 2.33 bits per heavy atom. The number of sulfone groups is 1. The zero-order chi connectivity index (χ0) is 17.3. The van der Waals surface area contributed by atoms with Gasteiger partial charge >= 0.3 is 0 Å². The quantitative estimate of drug-likeness (QED) is 0.766. The van der Waals surface area contributed by atoms with Gasteiger partial charge in [-0.2, -0.15) is 0 Å². The number of aryl methyl sites for hydroxylation is 1. The van der Waals surface area contributed by atoms with Crippen molar-refractivity contribution >= 4 is 21.4 Å². The molecular weight excluding hydrogens is 326 g/mol.